The average Bonchev–Trinajstić information content (AvgIpc) is 3.14. The van der Waals surface area contributed by atoms with Gasteiger partial charge in [-0.05, 0) is 73.2 Å². The minimum Gasteiger partial charge on any atom is -0.330 e. The zero-order chi connectivity index (χ0) is 21.6. The summed E-state index contributed by atoms with van der Waals surface area (Å²) in [5, 5.41) is 2.65. The minimum atomic E-state index is -0.159. The van der Waals surface area contributed by atoms with E-state index in [2.05, 4.69) is 123 Å². The molecule has 31 heavy (non-hydrogen) atoms. The van der Waals surface area contributed by atoms with Crippen molar-refractivity contribution in [1.29, 1.82) is 0 Å². The highest BCUT2D eigenvalue weighted by Crippen LogP contribution is 2.41. The van der Waals surface area contributed by atoms with Gasteiger partial charge in [0, 0.05) is 21.8 Å². The van der Waals surface area contributed by atoms with Crippen molar-refractivity contribution in [3.8, 4) is 11.1 Å². The van der Waals surface area contributed by atoms with Gasteiger partial charge in [0.2, 0.25) is 0 Å². The summed E-state index contributed by atoms with van der Waals surface area (Å²) in [5.41, 5.74) is 9.08. The third kappa shape index (κ3) is 2.99. The van der Waals surface area contributed by atoms with Crippen LogP contribution in [-0.2, 0) is 5.54 Å². The lowest BCUT2D eigenvalue weighted by Gasteiger charge is -2.34. The zero-order valence-corrected chi connectivity index (χ0v) is 18.8. The first kappa shape index (κ1) is 19.6. The number of para-hydroxylation sites is 2. The quantitative estimate of drug-likeness (QED) is 0.285. The Balaban J connectivity index is 1.80. The molecule has 1 heterocycles. The smallest absolute Gasteiger partial charge is 0.0672 e. The average molecular weight is 404 g/mol. The molecule has 0 amide bonds. The van der Waals surface area contributed by atoms with Crippen LogP contribution in [0.2, 0.25) is 0 Å². The van der Waals surface area contributed by atoms with E-state index in [-0.39, 0.29) is 5.54 Å². The molecule has 0 fully saturated rings. The van der Waals surface area contributed by atoms with Gasteiger partial charge >= 0.3 is 0 Å². The van der Waals surface area contributed by atoms with E-state index in [1.165, 1.54) is 49.6 Å². The Hall–Kier alpha value is -3.32. The summed E-state index contributed by atoms with van der Waals surface area (Å²) in [6, 6.07) is 33.4. The molecule has 5 rings (SSSR count). The molecule has 0 spiro atoms. The summed E-state index contributed by atoms with van der Waals surface area (Å²) in [6.07, 6.45) is 1.01. The highest BCUT2D eigenvalue weighted by molar-refractivity contribution is 6.08. The summed E-state index contributed by atoms with van der Waals surface area (Å²) in [6.45, 7) is 9.11. The van der Waals surface area contributed by atoms with Gasteiger partial charge in [-0.3, -0.25) is 0 Å². The Morgan fingerprint density at radius 2 is 1.19 bits per heavy atom. The van der Waals surface area contributed by atoms with Crippen molar-refractivity contribution in [2.75, 3.05) is 0 Å². The maximum absolute atomic E-state index is 2.56. The molecule has 5 aromatic rings. The molecule has 1 aromatic heterocycles. The first-order valence-corrected chi connectivity index (χ1v) is 11.2. The molecule has 4 aromatic carbocycles. The van der Waals surface area contributed by atoms with E-state index in [1.807, 2.05) is 0 Å². The van der Waals surface area contributed by atoms with E-state index < -0.39 is 0 Å². The normalized spacial score (nSPS) is 13.5. The Labute approximate surface area is 185 Å². The van der Waals surface area contributed by atoms with Crippen LogP contribution in [0.4, 0.5) is 0 Å². The Morgan fingerprint density at radius 1 is 0.645 bits per heavy atom. The molecule has 1 nitrogen and oxygen atoms in total. The Kier molecular flexibility index (Phi) is 4.70. The molecule has 0 aliphatic heterocycles. The highest BCUT2D eigenvalue weighted by Gasteiger charge is 2.30. The first-order valence-electron chi connectivity index (χ1n) is 11.2. The second-order valence-corrected chi connectivity index (χ2v) is 8.84. The summed E-state index contributed by atoms with van der Waals surface area (Å²) in [7, 11) is 0. The maximum atomic E-state index is 2.56. The van der Waals surface area contributed by atoms with Crippen molar-refractivity contribution in [3.63, 3.8) is 0 Å². The van der Waals surface area contributed by atoms with Crippen LogP contribution in [0.1, 0.15) is 37.0 Å². The van der Waals surface area contributed by atoms with Crippen molar-refractivity contribution < 1.29 is 0 Å². The van der Waals surface area contributed by atoms with Gasteiger partial charge in [0.05, 0.1) is 5.54 Å². The fraction of sp³-hybridized carbons (Fsp3) is 0.200. The number of hydrogen-bond acceptors (Lipinski definition) is 0. The molecule has 0 radical (unpaired) electrons. The largest absolute Gasteiger partial charge is 0.330 e. The van der Waals surface area contributed by atoms with Crippen molar-refractivity contribution in [3.05, 3.63) is 108 Å². The predicted molar refractivity (Wildman–Crippen MR) is 134 cm³/mol. The number of rotatable bonds is 4. The van der Waals surface area contributed by atoms with Gasteiger partial charge in [0.15, 0.2) is 0 Å². The summed E-state index contributed by atoms with van der Waals surface area (Å²) in [5.74, 6) is 0. The molecule has 0 N–H and O–H groups in total. The summed E-state index contributed by atoms with van der Waals surface area (Å²) >= 11 is 0. The fourth-order valence-corrected chi connectivity index (χ4v) is 5.07. The molecule has 0 aliphatic rings. The van der Waals surface area contributed by atoms with Gasteiger partial charge < -0.3 is 4.57 Å². The van der Waals surface area contributed by atoms with Crippen LogP contribution in [0.3, 0.4) is 0 Å². The SMILES string of the molecule is CCC(C)(c1ccc(C)c(-c2ccccc2C)c1)n1c2ccccc2c2ccccc21. The van der Waals surface area contributed by atoms with Crippen LogP contribution >= 0.6 is 0 Å². The number of hydrogen-bond donors (Lipinski definition) is 0. The van der Waals surface area contributed by atoms with Crippen molar-refractivity contribution in [2.24, 2.45) is 0 Å². The van der Waals surface area contributed by atoms with E-state index >= 15 is 0 Å². The molecule has 1 atom stereocenters. The molecule has 1 heteroatoms. The zero-order valence-electron chi connectivity index (χ0n) is 18.8. The second-order valence-electron chi connectivity index (χ2n) is 8.84. The topological polar surface area (TPSA) is 4.93 Å². The maximum Gasteiger partial charge on any atom is 0.0672 e. The van der Waals surface area contributed by atoms with E-state index in [0.29, 0.717) is 0 Å². The van der Waals surface area contributed by atoms with Crippen LogP contribution in [-0.4, -0.2) is 4.57 Å². The molecule has 0 aliphatic carbocycles. The number of benzene rings is 4. The first-order chi connectivity index (χ1) is 15.0. The van der Waals surface area contributed by atoms with Gasteiger partial charge in [0.1, 0.15) is 0 Å². The van der Waals surface area contributed by atoms with Gasteiger partial charge in [-0.15, -0.1) is 0 Å². The standard InChI is InChI=1S/C30H29N/c1-5-30(4,23-19-18-22(3)27(20-23)24-13-7-6-12-21(24)2)31-28-16-10-8-14-25(28)26-15-9-11-17-29(26)31/h6-20H,5H2,1-4H3. The lowest BCUT2D eigenvalue weighted by atomic mass is 9.84. The number of fused-ring (bicyclic) bond motifs is 3. The van der Waals surface area contributed by atoms with E-state index in [9.17, 15) is 0 Å². The predicted octanol–water partition coefficient (Wildman–Crippen LogP) is 8.25. The Morgan fingerprint density at radius 3 is 1.81 bits per heavy atom. The van der Waals surface area contributed by atoms with Crippen molar-refractivity contribution in [1.82, 2.24) is 4.57 Å². The van der Waals surface area contributed by atoms with E-state index in [1.54, 1.807) is 0 Å². The number of aryl methyl sites for hydroxylation is 2. The summed E-state index contributed by atoms with van der Waals surface area (Å²) < 4.78 is 2.56. The van der Waals surface area contributed by atoms with Crippen molar-refractivity contribution >= 4 is 21.8 Å². The van der Waals surface area contributed by atoms with Crippen LogP contribution in [0.15, 0.2) is 91.0 Å². The van der Waals surface area contributed by atoms with Crippen LogP contribution in [0.25, 0.3) is 32.9 Å². The van der Waals surface area contributed by atoms with Crippen molar-refractivity contribution in [2.45, 2.75) is 39.7 Å². The number of aromatic nitrogens is 1. The second kappa shape index (κ2) is 7.42. The molecule has 154 valence electrons. The minimum absolute atomic E-state index is 0.159. The van der Waals surface area contributed by atoms with E-state index in [4.69, 9.17) is 0 Å². The lowest BCUT2D eigenvalue weighted by molar-refractivity contribution is 0.402. The van der Waals surface area contributed by atoms with Gasteiger partial charge in [-0.25, -0.2) is 0 Å². The molecule has 1 unspecified atom stereocenters. The monoisotopic (exact) mass is 403 g/mol. The third-order valence-electron chi connectivity index (χ3n) is 7.06. The third-order valence-corrected chi connectivity index (χ3v) is 7.06. The van der Waals surface area contributed by atoms with Gasteiger partial charge in [0.25, 0.3) is 0 Å². The van der Waals surface area contributed by atoms with Gasteiger partial charge in [-0.2, -0.15) is 0 Å². The van der Waals surface area contributed by atoms with Gasteiger partial charge in [-0.1, -0.05) is 79.7 Å². The molecule has 0 saturated heterocycles. The summed E-state index contributed by atoms with van der Waals surface area (Å²) in [4.78, 5) is 0. The van der Waals surface area contributed by atoms with Crippen LogP contribution in [0, 0.1) is 13.8 Å². The van der Waals surface area contributed by atoms with E-state index in [0.717, 1.165) is 6.42 Å². The highest BCUT2D eigenvalue weighted by atomic mass is 15.1. The molecule has 0 saturated carbocycles. The Bertz CT molecular complexity index is 1350. The molecular weight excluding hydrogens is 374 g/mol. The van der Waals surface area contributed by atoms with Crippen LogP contribution in [0.5, 0.6) is 0 Å². The lowest BCUT2D eigenvalue weighted by Crippen LogP contribution is -2.30. The van der Waals surface area contributed by atoms with Crippen LogP contribution < -0.4 is 0 Å². The fourth-order valence-electron chi connectivity index (χ4n) is 5.07. The molecular formula is C30H29N. The molecule has 0 bridgehead atoms. The number of nitrogens with zero attached hydrogens (tertiary/aromatic N) is 1.